The van der Waals surface area contributed by atoms with Crippen LogP contribution >= 0.6 is 11.6 Å². The van der Waals surface area contributed by atoms with Crippen molar-refractivity contribution in [3.05, 3.63) is 51.8 Å². The predicted molar refractivity (Wildman–Crippen MR) is 74.6 cm³/mol. The Morgan fingerprint density at radius 2 is 1.90 bits per heavy atom. The predicted octanol–water partition coefficient (Wildman–Crippen LogP) is 3.16. The van der Waals surface area contributed by atoms with Crippen LogP contribution in [0.4, 0.5) is 8.78 Å². The fourth-order valence-corrected chi connectivity index (χ4v) is 2.53. The number of rotatable bonds is 4. The van der Waals surface area contributed by atoms with Crippen LogP contribution in [0.25, 0.3) is 0 Å². The van der Waals surface area contributed by atoms with E-state index in [0.717, 1.165) is 23.9 Å². The topological polar surface area (TPSA) is 43.8 Å². The zero-order valence-corrected chi connectivity index (χ0v) is 12.1. The summed E-state index contributed by atoms with van der Waals surface area (Å²) >= 11 is 6.24. The molecule has 0 spiro atoms. The molecule has 1 unspecified atom stereocenters. The first kappa shape index (κ1) is 14.9. The molecule has 0 amide bonds. The number of nitrogens with zero attached hydrogens (tertiary/aromatic N) is 2. The lowest BCUT2D eigenvalue weighted by Crippen LogP contribution is -2.16. The van der Waals surface area contributed by atoms with Gasteiger partial charge in [0.1, 0.15) is 11.6 Å². The third-order valence-corrected chi connectivity index (χ3v) is 3.67. The van der Waals surface area contributed by atoms with Gasteiger partial charge in [0.25, 0.3) is 0 Å². The molecule has 2 rings (SSSR count). The Bertz CT molecular complexity index is 605. The molecule has 0 fully saturated rings. The maximum Gasteiger partial charge on any atom is 0.126 e. The maximum absolute atomic E-state index is 13.2. The van der Waals surface area contributed by atoms with Crippen molar-refractivity contribution >= 4 is 11.6 Å². The van der Waals surface area contributed by atoms with Gasteiger partial charge in [0.05, 0.1) is 16.4 Å². The highest BCUT2D eigenvalue weighted by Gasteiger charge is 2.17. The minimum absolute atomic E-state index is 0.366. The van der Waals surface area contributed by atoms with Crippen LogP contribution in [0.5, 0.6) is 0 Å². The second kappa shape index (κ2) is 5.89. The van der Waals surface area contributed by atoms with E-state index in [0.29, 0.717) is 17.0 Å². The number of aryl methyl sites for hydroxylation is 2. The summed E-state index contributed by atoms with van der Waals surface area (Å²) in [6.07, 6.45) is 1.09. The first-order valence-electron chi connectivity index (χ1n) is 6.34. The van der Waals surface area contributed by atoms with Gasteiger partial charge in [-0.05, 0) is 24.1 Å². The van der Waals surface area contributed by atoms with Crippen molar-refractivity contribution < 1.29 is 8.78 Å². The smallest absolute Gasteiger partial charge is 0.126 e. The molecule has 1 atom stereocenters. The molecule has 1 aromatic heterocycles. The van der Waals surface area contributed by atoms with Crippen LogP contribution in [-0.4, -0.2) is 9.78 Å². The molecule has 1 aromatic carbocycles. The van der Waals surface area contributed by atoms with Gasteiger partial charge in [-0.1, -0.05) is 18.5 Å². The Hall–Kier alpha value is -1.46. The maximum atomic E-state index is 13.2. The van der Waals surface area contributed by atoms with Crippen LogP contribution in [0.2, 0.25) is 5.02 Å². The van der Waals surface area contributed by atoms with E-state index in [9.17, 15) is 8.78 Å². The van der Waals surface area contributed by atoms with Gasteiger partial charge in [-0.2, -0.15) is 5.10 Å². The van der Waals surface area contributed by atoms with Gasteiger partial charge in [-0.3, -0.25) is 4.68 Å². The number of hydrogen-bond donors (Lipinski definition) is 1. The zero-order chi connectivity index (χ0) is 14.9. The summed E-state index contributed by atoms with van der Waals surface area (Å²) in [7, 11) is 1.78. The fraction of sp³-hybridized carbons (Fsp3) is 0.357. The van der Waals surface area contributed by atoms with E-state index in [1.54, 1.807) is 11.7 Å². The first-order valence-corrected chi connectivity index (χ1v) is 6.72. The first-order chi connectivity index (χ1) is 9.42. The quantitative estimate of drug-likeness (QED) is 0.942. The van der Waals surface area contributed by atoms with E-state index in [1.165, 1.54) is 12.1 Å². The van der Waals surface area contributed by atoms with Gasteiger partial charge in [0, 0.05) is 25.6 Å². The van der Waals surface area contributed by atoms with Crippen LogP contribution < -0.4 is 5.73 Å². The standard InChI is InChI=1S/C14H16ClF2N3/c1-3-12-14(15)13(20(2)19-12)7-11(18)8-4-9(16)6-10(17)5-8/h4-6,11H,3,7,18H2,1-2H3. The molecule has 2 aromatic rings. The number of halogens is 3. The summed E-state index contributed by atoms with van der Waals surface area (Å²) < 4.78 is 28.1. The molecule has 0 aliphatic carbocycles. The molecule has 6 heteroatoms. The summed E-state index contributed by atoms with van der Waals surface area (Å²) in [5.74, 6) is -1.28. The van der Waals surface area contributed by atoms with Crippen LogP contribution in [-0.2, 0) is 19.9 Å². The molecule has 0 aliphatic heterocycles. The zero-order valence-electron chi connectivity index (χ0n) is 11.3. The molecule has 0 bridgehead atoms. The molecule has 20 heavy (non-hydrogen) atoms. The Morgan fingerprint density at radius 1 is 1.30 bits per heavy atom. The van der Waals surface area contributed by atoms with Crippen molar-refractivity contribution in [2.75, 3.05) is 0 Å². The van der Waals surface area contributed by atoms with Gasteiger partial charge in [-0.25, -0.2) is 8.78 Å². The summed E-state index contributed by atoms with van der Waals surface area (Å²) in [5.41, 5.74) is 7.98. The van der Waals surface area contributed by atoms with Crippen LogP contribution in [0, 0.1) is 11.6 Å². The number of nitrogens with two attached hydrogens (primary N) is 1. The van der Waals surface area contributed by atoms with E-state index >= 15 is 0 Å². The van der Waals surface area contributed by atoms with Crippen molar-refractivity contribution in [1.82, 2.24) is 9.78 Å². The molecule has 0 radical (unpaired) electrons. The average molecular weight is 300 g/mol. The third kappa shape index (κ3) is 2.99. The Labute approximate surface area is 121 Å². The van der Waals surface area contributed by atoms with Crippen molar-refractivity contribution in [3.8, 4) is 0 Å². The van der Waals surface area contributed by atoms with Crippen molar-refractivity contribution in [2.45, 2.75) is 25.8 Å². The van der Waals surface area contributed by atoms with Gasteiger partial charge in [0.2, 0.25) is 0 Å². The van der Waals surface area contributed by atoms with Crippen LogP contribution in [0.15, 0.2) is 18.2 Å². The molecule has 0 saturated carbocycles. The summed E-state index contributed by atoms with van der Waals surface area (Å²) in [6, 6.07) is 2.75. The number of hydrogen-bond acceptors (Lipinski definition) is 2. The highest BCUT2D eigenvalue weighted by Crippen LogP contribution is 2.26. The molecule has 0 saturated heterocycles. The number of aromatic nitrogens is 2. The van der Waals surface area contributed by atoms with Gasteiger partial charge in [0.15, 0.2) is 0 Å². The van der Waals surface area contributed by atoms with E-state index in [4.69, 9.17) is 17.3 Å². The average Bonchev–Trinajstić information content (AvgIpc) is 2.65. The Kier molecular flexibility index (Phi) is 4.40. The van der Waals surface area contributed by atoms with Crippen molar-refractivity contribution in [3.63, 3.8) is 0 Å². The van der Waals surface area contributed by atoms with Crippen molar-refractivity contribution in [2.24, 2.45) is 12.8 Å². The lowest BCUT2D eigenvalue weighted by atomic mass is 10.0. The Morgan fingerprint density at radius 3 is 2.40 bits per heavy atom. The van der Waals surface area contributed by atoms with E-state index in [2.05, 4.69) is 5.10 Å². The molecule has 108 valence electrons. The summed E-state index contributed by atoms with van der Waals surface area (Å²) in [6.45, 7) is 1.96. The van der Waals surface area contributed by atoms with E-state index in [-0.39, 0.29) is 0 Å². The van der Waals surface area contributed by atoms with Gasteiger partial charge >= 0.3 is 0 Å². The minimum atomic E-state index is -0.638. The highest BCUT2D eigenvalue weighted by atomic mass is 35.5. The lowest BCUT2D eigenvalue weighted by molar-refractivity contribution is 0.569. The van der Waals surface area contributed by atoms with Gasteiger partial charge in [-0.15, -0.1) is 0 Å². The molecular weight excluding hydrogens is 284 g/mol. The molecule has 1 heterocycles. The summed E-state index contributed by atoms with van der Waals surface area (Å²) in [4.78, 5) is 0. The summed E-state index contributed by atoms with van der Waals surface area (Å²) in [5, 5.41) is 4.86. The molecule has 0 aliphatic rings. The van der Waals surface area contributed by atoms with Crippen LogP contribution in [0.3, 0.4) is 0 Å². The number of benzene rings is 1. The normalized spacial score (nSPS) is 12.7. The van der Waals surface area contributed by atoms with Gasteiger partial charge < -0.3 is 5.73 Å². The fourth-order valence-electron chi connectivity index (χ4n) is 2.16. The highest BCUT2D eigenvalue weighted by molar-refractivity contribution is 6.31. The monoisotopic (exact) mass is 299 g/mol. The van der Waals surface area contributed by atoms with Crippen LogP contribution in [0.1, 0.15) is 29.9 Å². The second-order valence-corrected chi connectivity index (χ2v) is 5.08. The SMILES string of the molecule is CCc1nn(C)c(CC(N)c2cc(F)cc(F)c2)c1Cl. The minimum Gasteiger partial charge on any atom is -0.324 e. The molecular formula is C14H16ClF2N3. The third-order valence-electron chi connectivity index (χ3n) is 3.23. The van der Waals surface area contributed by atoms with E-state index < -0.39 is 17.7 Å². The molecule has 3 nitrogen and oxygen atoms in total. The lowest BCUT2D eigenvalue weighted by Gasteiger charge is -2.13. The Balaban J connectivity index is 2.27. The van der Waals surface area contributed by atoms with Crippen molar-refractivity contribution in [1.29, 1.82) is 0 Å². The largest absolute Gasteiger partial charge is 0.324 e. The molecule has 2 N–H and O–H groups in total. The second-order valence-electron chi connectivity index (χ2n) is 4.70. The van der Waals surface area contributed by atoms with E-state index in [1.807, 2.05) is 6.92 Å².